The first-order chi connectivity index (χ1) is 12.9. The standard InChI is InChI=1S/C19H19FN4O2S/c1-9-5-12(16(25)6-10(9)2)14-8-15(24-23-14)18(26)22-19-21-13-4-3-11(20)7-17(13)27-19/h3-7,14-15,23-25H,8H2,1-2H3,(H,21,22,26). The van der Waals surface area contributed by atoms with Crippen LogP contribution in [0, 0.1) is 19.7 Å². The summed E-state index contributed by atoms with van der Waals surface area (Å²) in [5, 5.41) is 13.4. The van der Waals surface area contributed by atoms with Gasteiger partial charge in [-0.05, 0) is 55.7 Å². The predicted molar refractivity (Wildman–Crippen MR) is 103 cm³/mol. The first-order valence-electron chi connectivity index (χ1n) is 8.59. The average molecular weight is 386 g/mol. The molecular formula is C19H19FN4O2S. The van der Waals surface area contributed by atoms with Crippen LogP contribution in [0.25, 0.3) is 10.2 Å². The summed E-state index contributed by atoms with van der Waals surface area (Å²) in [6.07, 6.45) is 0.488. The number of nitrogens with one attached hydrogen (secondary N) is 3. The number of benzene rings is 2. The zero-order chi connectivity index (χ0) is 19.1. The minimum Gasteiger partial charge on any atom is -0.508 e. The molecule has 0 radical (unpaired) electrons. The Morgan fingerprint density at radius 1 is 1.26 bits per heavy atom. The Labute approximate surface area is 159 Å². The second kappa shape index (κ2) is 6.88. The third-order valence-electron chi connectivity index (χ3n) is 4.82. The monoisotopic (exact) mass is 386 g/mol. The second-order valence-corrected chi connectivity index (χ2v) is 7.78. The highest BCUT2D eigenvalue weighted by Gasteiger charge is 2.32. The number of amides is 1. The van der Waals surface area contributed by atoms with Crippen molar-refractivity contribution in [3.05, 3.63) is 52.8 Å². The molecule has 1 amide bonds. The van der Waals surface area contributed by atoms with E-state index in [1.807, 2.05) is 19.9 Å². The van der Waals surface area contributed by atoms with E-state index in [4.69, 9.17) is 0 Å². The van der Waals surface area contributed by atoms with E-state index >= 15 is 0 Å². The number of hydrogen-bond donors (Lipinski definition) is 4. The van der Waals surface area contributed by atoms with Crippen molar-refractivity contribution in [3.8, 4) is 5.75 Å². The normalized spacial score (nSPS) is 19.5. The van der Waals surface area contributed by atoms with Crippen molar-refractivity contribution < 1.29 is 14.3 Å². The molecule has 1 fully saturated rings. The van der Waals surface area contributed by atoms with Gasteiger partial charge in [-0.15, -0.1) is 0 Å². The molecule has 2 atom stereocenters. The molecule has 0 aliphatic carbocycles. The Kier molecular flexibility index (Phi) is 4.55. The van der Waals surface area contributed by atoms with Crippen molar-refractivity contribution in [2.75, 3.05) is 5.32 Å². The Morgan fingerprint density at radius 2 is 2.04 bits per heavy atom. The highest BCUT2D eigenvalue weighted by Crippen LogP contribution is 2.32. The lowest BCUT2D eigenvalue weighted by Gasteiger charge is -2.14. The van der Waals surface area contributed by atoms with Crippen molar-refractivity contribution in [1.29, 1.82) is 0 Å². The maximum atomic E-state index is 13.3. The molecule has 8 heteroatoms. The van der Waals surface area contributed by atoms with Crippen LogP contribution in [0.3, 0.4) is 0 Å². The molecule has 0 saturated carbocycles. The lowest BCUT2D eigenvalue weighted by atomic mass is 9.97. The number of hydrazine groups is 1. The number of thiazole rings is 1. The molecule has 4 rings (SSSR count). The number of rotatable bonds is 3. The number of anilines is 1. The number of carbonyl (C=O) groups is 1. The van der Waals surface area contributed by atoms with Crippen molar-refractivity contribution >= 4 is 32.6 Å². The van der Waals surface area contributed by atoms with Gasteiger partial charge in [0.2, 0.25) is 5.91 Å². The molecule has 4 N–H and O–H groups in total. The van der Waals surface area contributed by atoms with Gasteiger partial charge in [-0.25, -0.2) is 20.2 Å². The second-order valence-electron chi connectivity index (χ2n) is 6.75. The van der Waals surface area contributed by atoms with Gasteiger partial charge in [-0.3, -0.25) is 4.79 Å². The van der Waals surface area contributed by atoms with Crippen LogP contribution in [-0.4, -0.2) is 22.0 Å². The van der Waals surface area contributed by atoms with E-state index in [2.05, 4.69) is 21.2 Å². The fourth-order valence-electron chi connectivity index (χ4n) is 3.18. The number of halogens is 1. The van der Waals surface area contributed by atoms with Crippen LogP contribution in [0.15, 0.2) is 30.3 Å². The van der Waals surface area contributed by atoms with E-state index in [0.717, 1.165) is 16.7 Å². The number of carbonyl (C=O) groups excluding carboxylic acids is 1. The first kappa shape index (κ1) is 17.8. The van der Waals surface area contributed by atoms with Crippen LogP contribution >= 0.6 is 11.3 Å². The summed E-state index contributed by atoms with van der Waals surface area (Å²) in [5.41, 5.74) is 9.55. The van der Waals surface area contributed by atoms with Gasteiger partial charge in [0.25, 0.3) is 0 Å². The summed E-state index contributed by atoms with van der Waals surface area (Å²) in [6, 6.07) is 7.36. The highest BCUT2D eigenvalue weighted by atomic mass is 32.1. The molecule has 3 aromatic rings. The number of phenols is 1. The first-order valence-corrected chi connectivity index (χ1v) is 9.40. The van der Waals surface area contributed by atoms with Crippen LogP contribution in [-0.2, 0) is 4.79 Å². The van der Waals surface area contributed by atoms with Gasteiger partial charge in [0.15, 0.2) is 5.13 Å². The highest BCUT2D eigenvalue weighted by molar-refractivity contribution is 7.22. The van der Waals surface area contributed by atoms with Crippen LogP contribution in [0.4, 0.5) is 9.52 Å². The quantitative estimate of drug-likeness (QED) is 0.555. The van der Waals surface area contributed by atoms with Gasteiger partial charge in [0.05, 0.1) is 16.3 Å². The van der Waals surface area contributed by atoms with E-state index in [-0.39, 0.29) is 23.5 Å². The van der Waals surface area contributed by atoms with Crippen molar-refractivity contribution in [3.63, 3.8) is 0 Å². The van der Waals surface area contributed by atoms with Gasteiger partial charge in [-0.1, -0.05) is 17.4 Å². The number of hydrogen-bond acceptors (Lipinski definition) is 6. The van der Waals surface area contributed by atoms with Gasteiger partial charge >= 0.3 is 0 Å². The van der Waals surface area contributed by atoms with E-state index < -0.39 is 6.04 Å². The van der Waals surface area contributed by atoms with Crippen molar-refractivity contribution in [1.82, 2.24) is 15.8 Å². The molecule has 27 heavy (non-hydrogen) atoms. The Bertz CT molecular complexity index is 1040. The molecule has 2 unspecified atom stereocenters. The smallest absolute Gasteiger partial charge is 0.244 e. The Hall–Kier alpha value is -2.55. The maximum absolute atomic E-state index is 13.3. The maximum Gasteiger partial charge on any atom is 0.244 e. The Balaban J connectivity index is 1.46. The molecule has 1 saturated heterocycles. The molecule has 0 spiro atoms. The van der Waals surface area contributed by atoms with E-state index in [1.54, 1.807) is 12.1 Å². The van der Waals surface area contributed by atoms with E-state index in [9.17, 15) is 14.3 Å². The number of aromatic nitrogens is 1. The third-order valence-corrected chi connectivity index (χ3v) is 5.75. The minimum atomic E-state index is -0.472. The molecule has 2 heterocycles. The molecule has 1 aliphatic rings. The largest absolute Gasteiger partial charge is 0.508 e. The molecule has 1 aromatic heterocycles. The number of aryl methyl sites for hydroxylation is 2. The molecule has 1 aliphatic heterocycles. The van der Waals surface area contributed by atoms with Crippen LogP contribution in [0.1, 0.15) is 29.2 Å². The van der Waals surface area contributed by atoms with Crippen molar-refractivity contribution in [2.45, 2.75) is 32.4 Å². The Morgan fingerprint density at radius 3 is 2.85 bits per heavy atom. The fourth-order valence-corrected chi connectivity index (χ4v) is 4.07. The summed E-state index contributed by atoms with van der Waals surface area (Å²) in [6.45, 7) is 3.93. The number of phenolic OH excluding ortho intramolecular Hbond substituents is 1. The summed E-state index contributed by atoms with van der Waals surface area (Å²) >= 11 is 1.23. The topological polar surface area (TPSA) is 86.3 Å². The molecular weight excluding hydrogens is 367 g/mol. The SMILES string of the molecule is Cc1cc(O)c(C2CC(C(=O)Nc3nc4ccc(F)cc4s3)NN2)cc1C. The third kappa shape index (κ3) is 3.51. The van der Waals surface area contributed by atoms with E-state index in [1.165, 1.54) is 23.5 Å². The zero-order valence-electron chi connectivity index (χ0n) is 14.8. The lowest BCUT2D eigenvalue weighted by Crippen LogP contribution is -2.39. The van der Waals surface area contributed by atoms with Crippen LogP contribution < -0.4 is 16.2 Å². The zero-order valence-corrected chi connectivity index (χ0v) is 15.7. The number of fused-ring (bicyclic) bond motifs is 1. The van der Waals surface area contributed by atoms with Gasteiger partial charge < -0.3 is 10.4 Å². The van der Waals surface area contributed by atoms with Crippen LogP contribution in [0.2, 0.25) is 0 Å². The fraction of sp³-hybridized carbons (Fsp3) is 0.263. The molecule has 140 valence electrons. The molecule has 2 aromatic carbocycles. The van der Waals surface area contributed by atoms with Gasteiger partial charge in [0.1, 0.15) is 17.6 Å². The number of nitrogens with zero attached hydrogens (tertiary/aromatic N) is 1. The summed E-state index contributed by atoms with van der Waals surface area (Å²) in [5.74, 6) is -0.346. The summed E-state index contributed by atoms with van der Waals surface area (Å²) < 4.78 is 14.0. The van der Waals surface area contributed by atoms with Crippen LogP contribution in [0.5, 0.6) is 5.75 Å². The molecule has 0 bridgehead atoms. The summed E-state index contributed by atoms with van der Waals surface area (Å²) in [7, 11) is 0. The van der Waals surface area contributed by atoms with E-state index in [0.29, 0.717) is 21.8 Å². The lowest BCUT2D eigenvalue weighted by molar-refractivity contribution is -0.117. The minimum absolute atomic E-state index is 0.176. The average Bonchev–Trinajstić information content (AvgIpc) is 3.24. The van der Waals surface area contributed by atoms with Gasteiger partial charge in [-0.2, -0.15) is 0 Å². The number of aromatic hydroxyl groups is 1. The summed E-state index contributed by atoms with van der Waals surface area (Å²) in [4.78, 5) is 16.9. The molecule has 6 nitrogen and oxygen atoms in total. The van der Waals surface area contributed by atoms with Gasteiger partial charge in [0, 0.05) is 5.56 Å². The van der Waals surface area contributed by atoms with Crippen molar-refractivity contribution in [2.24, 2.45) is 0 Å². The predicted octanol–water partition coefficient (Wildman–Crippen LogP) is 3.30.